The molecule has 1 N–H and O–H groups in total. The summed E-state index contributed by atoms with van der Waals surface area (Å²) < 4.78 is 49.7. The number of hydrogen-bond donors (Lipinski definition) is 1. The molecule has 0 heterocycles. The van der Waals surface area contributed by atoms with Crippen LogP contribution in [0, 0.1) is 5.82 Å². The number of rotatable bonds is 10. The molecular weight excluding hydrogens is 447 g/mol. The zero-order valence-corrected chi connectivity index (χ0v) is 19.1. The van der Waals surface area contributed by atoms with Gasteiger partial charge >= 0.3 is 0 Å². The van der Waals surface area contributed by atoms with Gasteiger partial charge in [0.15, 0.2) is 11.5 Å². The van der Waals surface area contributed by atoms with Crippen LogP contribution in [0.3, 0.4) is 0 Å². The first-order chi connectivity index (χ1) is 15.8. The number of benzene rings is 3. The first kappa shape index (κ1) is 24.1. The van der Waals surface area contributed by atoms with Crippen molar-refractivity contribution < 1.29 is 27.1 Å². The van der Waals surface area contributed by atoms with Crippen molar-refractivity contribution in [2.45, 2.75) is 6.54 Å². The van der Waals surface area contributed by atoms with Crippen molar-refractivity contribution in [3.05, 3.63) is 89.7 Å². The number of hydrogen-bond acceptors (Lipinski definition) is 5. The third-order valence-corrected chi connectivity index (χ3v) is 5.91. The molecule has 9 heteroatoms. The van der Waals surface area contributed by atoms with Gasteiger partial charge in [-0.1, -0.05) is 24.3 Å². The fourth-order valence-electron chi connectivity index (χ4n) is 3.10. The van der Waals surface area contributed by atoms with Crippen molar-refractivity contribution in [3.8, 4) is 11.5 Å². The van der Waals surface area contributed by atoms with Crippen LogP contribution in [0.15, 0.2) is 72.8 Å². The van der Waals surface area contributed by atoms with Gasteiger partial charge in [-0.15, -0.1) is 0 Å². The van der Waals surface area contributed by atoms with Gasteiger partial charge in [-0.3, -0.25) is 9.10 Å². The Kier molecular flexibility index (Phi) is 7.89. The fourth-order valence-corrected chi connectivity index (χ4v) is 3.99. The lowest BCUT2D eigenvalue weighted by Gasteiger charge is -2.22. The van der Waals surface area contributed by atoms with Gasteiger partial charge in [0.2, 0.25) is 10.0 Å². The van der Waals surface area contributed by atoms with E-state index in [9.17, 15) is 17.6 Å². The molecule has 0 saturated heterocycles. The van der Waals surface area contributed by atoms with E-state index in [1.54, 1.807) is 43.5 Å². The fraction of sp³-hybridized carbons (Fsp3) is 0.208. The maximum absolute atomic E-state index is 13.2. The molecule has 0 aliphatic heterocycles. The van der Waals surface area contributed by atoms with Gasteiger partial charge in [0, 0.05) is 5.56 Å². The highest BCUT2D eigenvalue weighted by molar-refractivity contribution is 7.92. The predicted molar refractivity (Wildman–Crippen MR) is 125 cm³/mol. The van der Waals surface area contributed by atoms with E-state index in [4.69, 9.17) is 9.47 Å². The summed E-state index contributed by atoms with van der Waals surface area (Å²) in [4.78, 5) is 12.4. The van der Waals surface area contributed by atoms with E-state index in [1.807, 2.05) is 12.1 Å². The lowest BCUT2D eigenvalue weighted by Crippen LogP contribution is -2.29. The minimum absolute atomic E-state index is 0.0547. The maximum Gasteiger partial charge on any atom is 0.251 e. The Morgan fingerprint density at radius 3 is 2.21 bits per heavy atom. The number of halogens is 1. The topological polar surface area (TPSA) is 84.9 Å². The quantitative estimate of drug-likeness (QED) is 0.456. The molecule has 0 radical (unpaired) electrons. The number of ether oxygens (including phenoxy) is 2. The third-order valence-electron chi connectivity index (χ3n) is 4.77. The van der Waals surface area contributed by atoms with Crippen molar-refractivity contribution in [2.75, 3.05) is 30.8 Å². The van der Waals surface area contributed by atoms with Gasteiger partial charge in [-0.05, 0) is 54.1 Å². The van der Waals surface area contributed by atoms with Gasteiger partial charge < -0.3 is 14.8 Å². The molecule has 0 spiro atoms. The van der Waals surface area contributed by atoms with Crippen LogP contribution in [0.25, 0.3) is 0 Å². The third kappa shape index (κ3) is 6.69. The highest BCUT2D eigenvalue weighted by Gasteiger charge is 2.18. The van der Waals surface area contributed by atoms with Gasteiger partial charge in [0.25, 0.3) is 5.91 Å². The van der Waals surface area contributed by atoms with E-state index >= 15 is 0 Å². The molecule has 0 fully saturated rings. The molecule has 0 saturated carbocycles. The van der Waals surface area contributed by atoms with Crippen molar-refractivity contribution in [1.29, 1.82) is 0 Å². The van der Waals surface area contributed by atoms with Gasteiger partial charge in [-0.2, -0.15) is 0 Å². The molecule has 7 nitrogen and oxygen atoms in total. The molecule has 0 unspecified atom stereocenters. The van der Waals surface area contributed by atoms with Crippen LogP contribution in [0.5, 0.6) is 11.5 Å². The molecule has 0 bridgehead atoms. The maximum atomic E-state index is 13.2. The first-order valence-electron chi connectivity index (χ1n) is 10.1. The molecule has 33 heavy (non-hydrogen) atoms. The molecule has 174 valence electrons. The minimum atomic E-state index is -3.59. The van der Waals surface area contributed by atoms with Crippen LogP contribution in [0.1, 0.15) is 15.9 Å². The van der Waals surface area contributed by atoms with Crippen molar-refractivity contribution in [2.24, 2.45) is 0 Å². The summed E-state index contributed by atoms with van der Waals surface area (Å²) in [5.41, 5.74) is 1.47. The molecule has 3 rings (SSSR count). The molecule has 0 atom stereocenters. The second kappa shape index (κ2) is 10.8. The predicted octanol–water partition coefficient (Wildman–Crippen LogP) is 3.61. The Labute approximate surface area is 192 Å². The van der Waals surface area contributed by atoms with Gasteiger partial charge in [0.05, 0.1) is 32.1 Å². The van der Waals surface area contributed by atoms with Crippen molar-refractivity contribution >= 4 is 21.6 Å². The highest BCUT2D eigenvalue weighted by Crippen LogP contribution is 2.25. The SMILES string of the molecule is COc1ccccc1OCCNC(=O)c1ccc(CN(c2ccc(F)cc2)S(C)(=O)=O)cc1. The van der Waals surface area contributed by atoms with E-state index < -0.39 is 15.8 Å². The van der Waals surface area contributed by atoms with Gasteiger partial charge in [-0.25, -0.2) is 12.8 Å². The Bertz CT molecular complexity index is 1180. The number of carbonyl (C=O) groups excluding carboxylic acids is 1. The number of para-hydroxylation sites is 2. The molecule has 0 aliphatic carbocycles. The number of sulfonamides is 1. The largest absolute Gasteiger partial charge is 0.493 e. The second-order valence-corrected chi connectivity index (χ2v) is 9.11. The number of carbonyl (C=O) groups is 1. The molecule has 3 aromatic carbocycles. The molecule has 0 aromatic heterocycles. The Morgan fingerprint density at radius 2 is 1.61 bits per heavy atom. The Balaban J connectivity index is 1.57. The number of anilines is 1. The monoisotopic (exact) mass is 472 g/mol. The lowest BCUT2D eigenvalue weighted by atomic mass is 10.1. The summed E-state index contributed by atoms with van der Waals surface area (Å²) in [6.07, 6.45) is 1.09. The highest BCUT2D eigenvalue weighted by atomic mass is 32.2. The van der Waals surface area contributed by atoms with Crippen molar-refractivity contribution in [3.63, 3.8) is 0 Å². The van der Waals surface area contributed by atoms with E-state index in [1.165, 1.54) is 28.6 Å². The zero-order chi connectivity index (χ0) is 23.8. The van der Waals surface area contributed by atoms with Crippen LogP contribution in [-0.2, 0) is 16.6 Å². The summed E-state index contributed by atoms with van der Waals surface area (Å²) >= 11 is 0. The van der Waals surface area contributed by atoms with E-state index in [0.717, 1.165) is 6.26 Å². The Morgan fingerprint density at radius 1 is 0.970 bits per heavy atom. The summed E-state index contributed by atoms with van der Waals surface area (Å²) in [5, 5.41) is 2.78. The van der Waals surface area contributed by atoms with Crippen LogP contribution >= 0.6 is 0 Å². The standard InChI is InChI=1S/C24H25FN2O5S/c1-31-22-5-3-4-6-23(22)32-16-15-26-24(28)19-9-7-18(8-10-19)17-27(33(2,29)30)21-13-11-20(25)12-14-21/h3-14H,15-17H2,1-2H3,(H,26,28). The van der Waals surface area contributed by atoms with E-state index in [0.29, 0.717) is 34.9 Å². The van der Waals surface area contributed by atoms with Crippen LogP contribution in [0.4, 0.5) is 10.1 Å². The first-order valence-corrected chi connectivity index (χ1v) is 12.0. The van der Waals surface area contributed by atoms with E-state index in [-0.39, 0.29) is 19.1 Å². The summed E-state index contributed by atoms with van der Waals surface area (Å²) in [7, 11) is -2.03. The van der Waals surface area contributed by atoms with Crippen molar-refractivity contribution in [1.82, 2.24) is 5.32 Å². The number of methoxy groups -OCH3 is 1. The lowest BCUT2D eigenvalue weighted by molar-refractivity contribution is 0.0947. The second-order valence-electron chi connectivity index (χ2n) is 7.20. The molecule has 1 amide bonds. The zero-order valence-electron chi connectivity index (χ0n) is 18.3. The minimum Gasteiger partial charge on any atom is -0.493 e. The number of amides is 1. The normalized spacial score (nSPS) is 11.0. The average molecular weight is 473 g/mol. The molecular formula is C24H25FN2O5S. The summed E-state index contributed by atoms with van der Waals surface area (Å²) in [5.74, 6) is 0.484. The average Bonchev–Trinajstić information content (AvgIpc) is 2.81. The van der Waals surface area contributed by atoms with Gasteiger partial charge in [0.1, 0.15) is 12.4 Å². The summed E-state index contributed by atoms with van der Waals surface area (Å²) in [6, 6.07) is 19.1. The number of nitrogens with zero attached hydrogens (tertiary/aromatic N) is 1. The van der Waals surface area contributed by atoms with Crippen LogP contribution in [0.2, 0.25) is 0 Å². The van der Waals surface area contributed by atoms with Crippen LogP contribution in [-0.4, -0.2) is 40.8 Å². The number of nitrogens with one attached hydrogen (secondary N) is 1. The Hall–Kier alpha value is -3.59. The van der Waals surface area contributed by atoms with E-state index in [2.05, 4.69) is 5.32 Å². The molecule has 3 aromatic rings. The smallest absolute Gasteiger partial charge is 0.251 e. The molecule has 0 aliphatic rings. The summed E-state index contributed by atoms with van der Waals surface area (Å²) in [6.45, 7) is 0.620. The van der Waals surface area contributed by atoms with Crippen LogP contribution < -0.4 is 19.1 Å².